The summed E-state index contributed by atoms with van der Waals surface area (Å²) in [5, 5.41) is 3.02. The maximum Gasteiger partial charge on any atom is 0.242 e. The molecule has 0 fully saturated rings. The summed E-state index contributed by atoms with van der Waals surface area (Å²) >= 11 is 0. The lowest BCUT2D eigenvalue weighted by Gasteiger charge is -2.16. The zero-order chi connectivity index (χ0) is 15.7. The van der Waals surface area contributed by atoms with Crippen molar-refractivity contribution in [3.8, 4) is 0 Å². The molecule has 0 aliphatic rings. The van der Waals surface area contributed by atoms with Crippen molar-refractivity contribution in [2.75, 3.05) is 52.3 Å². The molecule has 7 nitrogen and oxygen atoms in total. The van der Waals surface area contributed by atoms with E-state index in [9.17, 15) is 8.42 Å². The number of likely N-dealkylation sites (N-methyl/N-ethyl adjacent to an activating group) is 1. The molecule has 0 aliphatic carbocycles. The van der Waals surface area contributed by atoms with Gasteiger partial charge in [-0.3, -0.25) is 0 Å². The summed E-state index contributed by atoms with van der Waals surface area (Å²) < 4.78 is 31.7. The molecule has 2 N–H and O–H groups in total. The van der Waals surface area contributed by atoms with Gasteiger partial charge >= 0.3 is 0 Å². The van der Waals surface area contributed by atoms with Crippen LogP contribution in [0.4, 0.5) is 5.82 Å². The molecule has 0 radical (unpaired) electrons. The lowest BCUT2D eigenvalue weighted by molar-refractivity contribution is 0.162. The second-order valence-corrected chi connectivity index (χ2v) is 6.37. The number of aromatic nitrogens is 1. The summed E-state index contributed by atoms with van der Waals surface area (Å²) in [4.78, 5) is 6.23. The topological polar surface area (TPSA) is 83.6 Å². The number of rotatable bonds is 10. The SMILES string of the molecule is CCNc1ccc(S(=O)(=O)NCCN(C)CCOC)cn1. The largest absolute Gasteiger partial charge is 0.383 e. The number of hydrogen-bond donors (Lipinski definition) is 2. The van der Waals surface area contributed by atoms with Gasteiger partial charge < -0.3 is 15.0 Å². The molecular formula is C13H24N4O3S. The minimum absolute atomic E-state index is 0.170. The van der Waals surface area contributed by atoms with Gasteiger partial charge in [0.05, 0.1) is 6.61 Å². The Hall–Kier alpha value is -1.22. The number of ether oxygens (including phenoxy) is 1. The van der Waals surface area contributed by atoms with Gasteiger partial charge in [-0.15, -0.1) is 0 Å². The fourth-order valence-electron chi connectivity index (χ4n) is 1.64. The molecule has 1 aromatic rings. The second-order valence-electron chi connectivity index (χ2n) is 4.60. The zero-order valence-corrected chi connectivity index (χ0v) is 13.6. The van der Waals surface area contributed by atoms with Gasteiger partial charge in [0, 0.05) is 39.5 Å². The Morgan fingerprint density at radius 3 is 2.67 bits per heavy atom. The molecule has 1 heterocycles. The van der Waals surface area contributed by atoms with E-state index in [-0.39, 0.29) is 4.90 Å². The molecule has 0 atom stereocenters. The average Bonchev–Trinajstić information content (AvgIpc) is 2.46. The Balaban J connectivity index is 2.49. The first-order valence-electron chi connectivity index (χ1n) is 6.86. The quantitative estimate of drug-likeness (QED) is 0.649. The van der Waals surface area contributed by atoms with Gasteiger partial charge in [0.1, 0.15) is 10.7 Å². The summed E-state index contributed by atoms with van der Waals surface area (Å²) in [6.07, 6.45) is 1.36. The van der Waals surface area contributed by atoms with Crippen molar-refractivity contribution in [2.45, 2.75) is 11.8 Å². The van der Waals surface area contributed by atoms with E-state index in [0.717, 1.165) is 13.1 Å². The van der Waals surface area contributed by atoms with Gasteiger partial charge in [-0.25, -0.2) is 18.1 Å². The molecule has 21 heavy (non-hydrogen) atoms. The minimum atomic E-state index is -3.51. The fraction of sp³-hybridized carbons (Fsp3) is 0.615. The third-order valence-corrected chi connectivity index (χ3v) is 4.31. The maximum absolute atomic E-state index is 12.1. The Morgan fingerprint density at radius 2 is 2.10 bits per heavy atom. The third-order valence-electron chi connectivity index (χ3n) is 2.87. The van der Waals surface area contributed by atoms with E-state index in [0.29, 0.717) is 25.5 Å². The smallest absolute Gasteiger partial charge is 0.242 e. The van der Waals surface area contributed by atoms with E-state index >= 15 is 0 Å². The van der Waals surface area contributed by atoms with Crippen LogP contribution in [0.3, 0.4) is 0 Å². The van der Waals surface area contributed by atoms with Crippen LogP contribution in [-0.2, 0) is 14.8 Å². The highest BCUT2D eigenvalue weighted by molar-refractivity contribution is 7.89. The van der Waals surface area contributed by atoms with Crippen LogP contribution in [0.25, 0.3) is 0 Å². The van der Waals surface area contributed by atoms with Crippen LogP contribution in [0.2, 0.25) is 0 Å². The molecule has 1 aromatic heterocycles. The van der Waals surface area contributed by atoms with Crippen LogP contribution in [0.1, 0.15) is 6.92 Å². The molecule has 0 aromatic carbocycles. The number of sulfonamides is 1. The predicted molar refractivity (Wildman–Crippen MR) is 83.0 cm³/mol. The van der Waals surface area contributed by atoms with E-state index < -0.39 is 10.0 Å². The van der Waals surface area contributed by atoms with Crippen LogP contribution in [0, 0.1) is 0 Å². The maximum atomic E-state index is 12.1. The van der Waals surface area contributed by atoms with Crippen molar-refractivity contribution in [3.63, 3.8) is 0 Å². The van der Waals surface area contributed by atoms with Gasteiger partial charge in [0.25, 0.3) is 0 Å². The molecule has 0 saturated carbocycles. The van der Waals surface area contributed by atoms with E-state index in [4.69, 9.17) is 4.74 Å². The molecular weight excluding hydrogens is 292 g/mol. The van der Waals surface area contributed by atoms with Gasteiger partial charge in [-0.1, -0.05) is 0 Å². The zero-order valence-electron chi connectivity index (χ0n) is 12.8. The van der Waals surface area contributed by atoms with Crippen LogP contribution >= 0.6 is 0 Å². The van der Waals surface area contributed by atoms with Crippen LogP contribution in [-0.4, -0.2) is 65.2 Å². The van der Waals surface area contributed by atoms with Crippen molar-refractivity contribution in [3.05, 3.63) is 18.3 Å². The Labute approximate surface area is 126 Å². The minimum Gasteiger partial charge on any atom is -0.383 e. The highest BCUT2D eigenvalue weighted by atomic mass is 32.2. The molecule has 0 amide bonds. The standard InChI is InChI=1S/C13H24N4O3S/c1-4-14-13-6-5-12(11-15-13)21(18,19)16-7-8-17(2)9-10-20-3/h5-6,11,16H,4,7-10H2,1-3H3,(H,14,15). The lowest BCUT2D eigenvalue weighted by atomic mass is 10.4. The number of anilines is 1. The lowest BCUT2D eigenvalue weighted by Crippen LogP contribution is -2.34. The predicted octanol–water partition coefficient (Wildman–Crippen LogP) is 0.370. The normalized spacial score (nSPS) is 11.8. The number of nitrogens with one attached hydrogen (secondary N) is 2. The first kappa shape index (κ1) is 17.8. The highest BCUT2D eigenvalue weighted by Crippen LogP contribution is 2.10. The van der Waals surface area contributed by atoms with E-state index in [1.807, 2.05) is 18.9 Å². The first-order valence-corrected chi connectivity index (χ1v) is 8.35. The summed E-state index contributed by atoms with van der Waals surface area (Å²) in [7, 11) is 0.0499. The molecule has 120 valence electrons. The first-order chi connectivity index (χ1) is 9.99. The second kappa shape index (κ2) is 8.93. The summed E-state index contributed by atoms with van der Waals surface area (Å²) in [5.74, 6) is 0.663. The third kappa shape index (κ3) is 6.38. The molecule has 0 bridgehead atoms. The number of nitrogens with zero attached hydrogens (tertiary/aromatic N) is 2. The molecule has 8 heteroatoms. The molecule has 0 spiro atoms. The van der Waals surface area contributed by atoms with Crippen molar-refractivity contribution in [1.82, 2.24) is 14.6 Å². The summed E-state index contributed by atoms with van der Waals surface area (Å²) in [6, 6.07) is 3.20. The van der Waals surface area contributed by atoms with E-state index in [1.54, 1.807) is 19.2 Å². The van der Waals surface area contributed by atoms with Gasteiger partial charge in [-0.2, -0.15) is 0 Å². The Kier molecular flexibility index (Phi) is 7.58. The van der Waals surface area contributed by atoms with Crippen LogP contribution in [0.15, 0.2) is 23.2 Å². The monoisotopic (exact) mass is 316 g/mol. The number of hydrogen-bond acceptors (Lipinski definition) is 6. The van der Waals surface area contributed by atoms with Gasteiger partial charge in [0.15, 0.2) is 0 Å². The summed E-state index contributed by atoms with van der Waals surface area (Å²) in [6.45, 7) is 5.04. The van der Waals surface area contributed by atoms with Crippen LogP contribution < -0.4 is 10.0 Å². The molecule has 0 aliphatic heterocycles. The van der Waals surface area contributed by atoms with Crippen molar-refractivity contribution in [1.29, 1.82) is 0 Å². The van der Waals surface area contributed by atoms with Gasteiger partial charge in [-0.05, 0) is 26.1 Å². The van der Waals surface area contributed by atoms with Crippen molar-refractivity contribution < 1.29 is 13.2 Å². The highest BCUT2D eigenvalue weighted by Gasteiger charge is 2.14. The van der Waals surface area contributed by atoms with E-state index in [1.165, 1.54) is 6.20 Å². The average molecular weight is 316 g/mol. The Morgan fingerprint density at radius 1 is 1.33 bits per heavy atom. The fourth-order valence-corrected chi connectivity index (χ4v) is 2.60. The molecule has 0 saturated heterocycles. The molecule has 0 unspecified atom stereocenters. The Bertz CT molecular complexity index is 505. The van der Waals surface area contributed by atoms with Crippen molar-refractivity contribution in [2.24, 2.45) is 0 Å². The van der Waals surface area contributed by atoms with Crippen molar-refractivity contribution >= 4 is 15.8 Å². The molecule has 1 rings (SSSR count). The van der Waals surface area contributed by atoms with Crippen LogP contribution in [0.5, 0.6) is 0 Å². The number of pyridine rings is 1. The number of methoxy groups -OCH3 is 1. The van der Waals surface area contributed by atoms with E-state index in [2.05, 4.69) is 15.0 Å². The summed E-state index contributed by atoms with van der Waals surface area (Å²) in [5.41, 5.74) is 0. The van der Waals surface area contributed by atoms with Gasteiger partial charge in [0.2, 0.25) is 10.0 Å².